The number of ether oxygens (including phenoxy) is 2. The van der Waals surface area contributed by atoms with Gasteiger partial charge in [-0.05, 0) is 24.3 Å². The van der Waals surface area contributed by atoms with E-state index in [1.807, 2.05) is 12.1 Å². The van der Waals surface area contributed by atoms with Gasteiger partial charge in [0.15, 0.2) is 13.2 Å². The van der Waals surface area contributed by atoms with Gasteiger partial charge in [0, 0.05) is 4.47 Å². The molecule has 15 heavy (non-hydrogen) atoms. The fourth-order valence-electron chi connectivity index (χ4n) is 0.837. The highest BCUT2D eigenvalue weighted by molar-refractivity contribution is 9.10. The van der Waals surface area contributed by atoms with Gasteiger partial charge in [0.2, 0.25) is 0 Å². The lowest BCUT2D eigenvalue weighted by molar-refractivity contribution is -0.144. The maximum absolute atomic E-state index is 11.0. The zero-order chi connectivity index (χ0) is 11.1. The van der Waals surface area contributed by atoms with Crippen molar-refractivity contribution in [1.29, 1.82) is 0 Å². The van der Waals surface area contributed by atoms with Crippen molar-refractivity contribution >= 4 is 21.9 Å². The first-order chi connectivity index (χ1) is 7.22. The lowest BCUT2D eigenvalue weighted by atomic mass is 10.3. The molecule has 0 unspecified atom stereocenters. The minimum atomic E-state index is -0.476. The summed E-state index contributed by atoms with van der Waals surface area (Å²) in [5, 5.41) is 0. The van der Waals surface area contributed by atoms with Gasteiger partial charge in [-0.25, -0.2) is 4.79 Å². The van der Waals surface area contributed by atoms with Gasteiger partial charge in [-0.1, -0.05) is 21.9 Å². The molecule has 1 aromatic rings. The molecule has 0 aromatic heterocycles. The number of hydrogen-bond acceptors (Lipinski definition) is 3. The fraction of sp³-hybridized carbons (Fsp3) is 0.182. The third kappa shape index (κ3) is 4.52. The van der Waals surface area contributed by atoms with Gasteiger partial charge < -0.3 is 9.47 Å². The highest BCUT2D eigenvalue weighted by atomic mass is 79.9. The maximum atomic E-state index is 11.0. The molecule has 0 heterocycles. The molecule has 78 valence electrons. The van der Waals surface area contributed by atoms with E-state index in [9.17, 15) is 4.79 Å². The molecule has 0 N–H and O–H groups in total. The smallest absolute Gasteiger partial charge is 0.345 e. The Balaban J connectivity index is 2.34. The van der Waals surface area contributed by atoms with Crippen LogP contribution in [0.4, 0.5) is 0 Å². The summed E-state index contributed by atoms with van der Waals surface area (Å²) in [5.41, 5.74) is 0. The van der Waals surface area contributed by atoms with Crippen LogP contribution in [0.5, 0.6) is 5.75 Å². The summed E-state index contributed by atoms with van der Waals surface area (Å²) in [5.74, 6) is 2.33. The minimum absolute atomic E-state index is 0.0253. The molecule has 1 rings (SSSR count). The fourth-order valence-corrected chi connectivity index (χ4v) is 1.10. The first kappa shape index (κ1) is 11.6. The van der Waals surface area contributed by atoms with Crippen molar-refractivity contribution in [2.75, 3.05) is 13.2 Å². The van der Waals surface area contributed by atoms with E-state index in [4.69, 9.17) is 11.2 Å². The van der Waals surface area contributed by atoms with Crippen molar-refractivity contribution in [2.24, 2.45) is 0 Å². The Bertz CT molecular complexity index is 364. The highest BCUT2D eigenvalue weighted by Crippen LogP contribution is 2.15. The van der Waals surface area contributed by atoms with Crippen molar-refractivity contribution in [1.82, 2.24) is 0 Å². The van der Waals surface area contributed by atoms with E-state index >= 15 is 0 Å². The lowest BCUT2D eigenvalue weighted by Gasteiger charge is -2.04. The first-order valence-electron chi connectivity index (χ1n) is 4.20. The lowest BCUT2D eigenvalue weighted by Crippen LogP contribution is -2.14. The molecule has 0 aliphatic heterocycles. The van der Waals surface area contributed by atoms with Gasteiger partial charge in [-0.15, -0.1) is 6.42 Å². The molecule has 3 nitrogen and oxygen atoms in total. The summed E-state index contributed by atoms with van der Waals surface area (Å²) in [6.07, 6.45) is 4.93. The van der Waals surface area contributed by atoms with Gasteiger partial charge >= 0.3 is 5.97 Å². The molecule has 0 amide bonds. The molecule has 4 heteroatoms. The van der Waals surface area contributed by atoms with Crippen LogP contribution in [0, 0.1) is 12.3 Å². The van der Waals surface area contributed by atoms with Gasteiger partial charge in [0.1, 0.15) is 5.75 Å². The molecule has 0 atom stereocenters. The van der Waals surface area contributed by atoms with Crippen molar-refractivity contribution in [3.8, 4) is 18.1 Å². The number of halogens is 1. The van der Waals surface area contributed by atoms with E-state index < -0.39 is 5.97 Å². The number of esters is 1. The number of benzene rings is 1. The van der Waals surface area contributed by atoms with Crippen LogP contribution < -0.4 is 4.74 Å². The standard InChI is InChI=1S/C11H9BrO3/c1-2-7-14-11(13)8-15-10-5-3-9(12)4-6-10/h1,3-6H,7-8H2. The second-order valence-electron chi connectivity index (χ2n) is 2.61. The molecule has 0 bridgehead atoms. The topological polar surface area (TPSA) is 35.5 Å². The molecular weight excluding hydrogens is 260 g/mol. The maximum Gasteiger partial charge on any atom is 0.345 e. The number of carbonyl (C=O) groups excluding carboxylic acids is 1. The van der Waals surface area contributed by atoms with Crippen LogP contribution >= 0.6 is 15.9 Å². The average Bonchev–Trinajstić information content (AvgIpc) is 2.25. The number of carbonyl (C=O) groups is 1. The number of hydrogen-bond donors (Lipinski definition) is 0. The molecular formula is C11H9BrO3. The molecule has 1 aromatic carbocycles. The van der Waals surface area contributed by atoms with Crippen molar-refractivity contribution in [3.63, 3.8) is 0 Å². The third-order valence-electron chi connectivity index (χ3n) is 1.49. The van der Waals surface area contributed by atoms with Gasteiger partial charge in [0.05, 0.1) is 0 Å². The van der Waals surface area contributed by atoms with Crippen LogP contribution in [0.15, 0.2) is 28.7 Å². The molecule has 0 saturated carbocycles. The van der Waals surface area contributed by atoms with E-state index in [1.54, 1.807) is 12.1 Å². The summed E-state index contributed by atoms with van der Waals surface area (Å²) in [4.78, 5) is 11.0. The largest absolute Gasteiger partial charge is 0.482 e. The Morgan fingerprint density at radius 2 is 2.07 bits per heavy atom. The van der Waals surface area contributed by atoms with E-state index in [2.05, 4.69) is 26.6 Å². The van der Waals surface area contributed by atoms with Crippen LogP contribution in [0.1, 0.15) is 0 Å². The molecule has 0 radical (unpaired) electrons. The second kappa shape index (κ2) is 6.10. The summed E-state index contributed by atoms with van der Waals surface area (Å²) in [7, 11) is 0. The van der Waals surface area contributed by atoms with E-state index in [0.29, 0.717) is 5.75 Å². The Morgan fingerprint density at radius 3 is 2.67 bits per heavy atom. The van der Waals surface area contributed by atoms with Gasteiger partial charge in [-0.2, -0.15) is 0 Å². The minimum Gasteiger partial charge on any atom is -0.482 e. The predicted molar refractivity (Wildman–Crippen MR) is 59.4 cm³/mol. The van der Waals surface area contributed by atoms with Crippen LogP contribution in [0.2, 0.25) is 0 Å². The molecule has 0 saturated heterocycles. The Labute approximate surface area is 96.5 Å². The highest BCUT2D eigenvalue weighted by Gasteiger charge is 2.02. The van der Waals surface area contributed by atoms with Crippen LogP contribution in [-0.4, -0.2) is 19.2 Å². The van der Waals surface area contributed by atoms with Crippen LogP contribution in [0.25, 0.3) is 0 Å². The zero-order valence-electron chi connectivity index (χ0n) is 7.90. The second-order valence-corrected chi connectivity index (χ2v) is 3.52. The Hall–Kier alpha value is -1.47. The SMILES string of the molecule is C#CCOC(=O)COc1ccc(Br)cc1. The number of rotatable bonds is 4. The molecule has 0 fully saturated rings. The van der Waals surface area contributed by atoms with Gasteiger partial charge in [-0.3, -0.25) is 0 Å². The van der Waals surface area contributed by atoms with Crippen LogP contribution in [-0.2, 0) is 9.53 Å². The third-order valence-corrected chi connectivity index (χ3v) is 2.02. The first-order valence-corrected chi connectivity index (χ1v) is 4.99. The molecule has 0 aliphatic rings. The predicted octanol–water partition coefficient (Wildman–Crippen LogP) is 2.00. The Morgan fingerprint density at radius 1 is 1.40 bits per heavy atom. The van der Waals surface area contributed by atoms with Crippen molar-refractivity contribution in [3.05, 3.63) is 28.7 Å². The summed E-state index contributed by atoms with van der Waals surface area (Å²) in [6.45, 7) is -0.161. The summed E-state index contributed by atoms with van der Waals surface area (Å²) < 4.78 is 10.7. The number of terminal acetylenes is 1. The summed E-state index contributed by atoms with van der Waals surface area (Å²) in [6, 6.07) is 7.14. The average molecular weight is 269 g/mol. The molecule has 0 aliphatic carbocycles. The Kier molecular flexibility index (Phi) is 4.72. The summed E-state index contributed by atoms with van der Waals surface area (Å²) >= 11 is 3.29. The van der Waals surface area contributed by atoms with E-state index in [-0.39, 0.29) is 13.2 Å². The molecule has 0 spiro atoms. The van der Waals surface area contributed by atoms with E-state index in [0.717, 1.165) is 4.47 Å². The zero-order valence-corrected chi connectivity index (χ0v) is 9.49. The van der Waals surface area contributed by atoms with Crippen molar-refractivity contribution < 1.29 is 14.3 Å². The van der Waals surface area contributed by atoms with Crippen molar-refractivity contribution in [2.45, 2.75) is 0 Å². The quantitative estimate of drug-likeness (QED) is 0.619. The van der Waals surface area contributed by atoms with Crippen LogP contribution in [0.3, 0.4) is 0 Å². The monoisotopic (exact) mass is 268 g/mol. The van der Waals surface area contributed by atoms with Gasteiger partial charge in [0.25, 0.3) is 0 Å². The normalized spacial score (nSPS) is 9.07. The van der Waals surface area contributed by atoms with E-state index in [1.165, 1.54) is 0 Å².